The molecule has 3 rings (SSSR count). The Morgan fingerprint density at radius 1 is 1.11 bits per heavy atom. The second kappa shape index (κ2) is 15.8. The summed E-state index contributed by atoms with van der Waals surface area (Å²) >= 11 is 1.05. The summed E-state index contributed by atoms with van der Waals surface area (Å²) in [4.78, 5) is 23.9. The number of benzene rings is 1. The number of hydrogen-bond donors (Lipinski definition) is 2. The topological polar surface area (TPSA) is 75.6 Å². The van der Waals surface area contributed by atoms with Gasteiger partial charge in [-0.2, -0.15) is 13.2 Å². The first kappa shape index (κ1) is 37.1. The molecule has 9 heteroatoms. The third-order valence-corrected chi connectivity index (χ3v) is 9.10. The highest BCUT2D eigenvalue weighted by Gasteiger charge is 2.35. The summed E-state index contributed by atoms with van der Waals surface area (Å²) in [6.07, 6.45) is 3.15. The van der Waals surface area contributed by atoms with Crippen molar-refractivity contribution in [2.24, 2.45) is 10.8 Å². The second-order valence-corrected chi connectivity index (χ2v) is 13.8. The third-order valence-electron chi connectivity index (χ3n) is 7.93. The highest BCUT2D eigenvalue weighted by atomic mass is 32.1. The van der Waals surface area contributed by atoms with Crippen LogP contribution in [0.3, 0.4) is 0 Å². The molecule has 0 bridgehead atoms. The number of rotatable bonds is 10. The van der Waals surface area contributed by atoms with Gasteiger partial charge in [0, 0.05) is 17.8 Å². The van der Waals surface area contributed by atoms with Gasteiger partial charge in [-0.05, 0) is 90.5 Å². The van der Waals surface area contributed by atoms with Gasteiger partial charge in [-0.15, -0.1) is 11.3 Å². The monoisotopic (exact) mass is 635 g/mol. The molecular formula is C35H48F3NO4S. The number of hydrogen-bond acceptors (Lipinski definition) is 4. The number of allylic oxidation sites excluding steroid dienone is 4. The van der Waals surface area contributed by atoms with Gasteiger partial charge in [0.05, 0.1) is 11.3 Å². The van der Waals surface area contributed by atoms with E-state index in [1.165, 1.54) is 12.5 Å². The number of nitrogens with one attached hydrogen (secondary N) is 1. The molecule has 1 amide bonds. The number of ether oxygens (including phenoxy) is 1. The van der Waals surface area contributed by atoms with Crippen LogP contribution in [0.25, 0.3) is 5.57 Å². The van der Waals surface area contributed by atoms with Gasteiger partial charge in [-0.1, -0.05) is 66.2 Å². The molecular weight excluding hydrogens is 587 g/mol. The molecule has 1 aromatic carbocycles. The van der Waals surface area contributed by atoms with Gasteiger partial charge in [-0.3, -0.25) is 9.59 Å². The van der Waals surface area contributed by atoms with Crippen molar-refractivity contribution in [2.75, 3.05) is 6.54 Å². The molecule has 0 saturated heterocycles. The van der Waals surface area contributed by atoms with E-state index in [0.29, 0.717) is 10.6 Å². The average molecular weight is 636 g/mol. The Balaban J connectivity index is 0.00000216. The maximum Gasteiger partial charge on any atom is 0.389 e. The first-order valence-electron chi connectivity index (χ1n) is 15.2. The Bertz CT molecular complexity index is 1310. The minimum atomic E-state index is -4.36. The number of carboxylic acids is 1. The summed E-state index contributed by atoms with van der Waals surface area (Å²) in [6.45, 7) is 17.2. The van der Waals surface area contributed by atoms with Gasteiger partial charge in [0.15, 0.2) is 0 Å². The Hall–Kier alpha value is -3.07. The van der Waals surface area contributed by atoms with E-state index < -0.39 is 30.6 Å². The molecule has 0 fully saturated rings. The lowest BCUT2D eigenvalue weighted by Gasteiger charge is -2.39. The van der Waals surface area contributed by atoms with E-state index in [-0.39, 0.29) is 35.1 Å². The Labute approximate surface area is 264 Å². The maximum atomic E-state index is 13.2. The number of carbonyl (C=O) groups is 2. The van der Waals surface area contributed by atoms with Crippen molar-refractivity contribution in [3.05, 3.63) is 68.9 Å². The van der Waals surface area contributed by atoms with Crippen LogP contribution in [0.5, 0.6) is 5.75 Å². The first-order valence-corrected chi connectivity index (χ1v) is 16.1. The number of carbonyl (C=O) groups excluding carboxylic acids is 1. The number of carboxylic acid groups (broad SMARTS) is 1. The summed E-state index contributed by atoms with van der Waals surface area (Å²) in [5.74, 6) is -1.04. The zero-order chi connectivity index (χ0) is 33.3. The predicted octanol–water partition coefficient (Wildman–Crippen LogP) is 10.2. The highest BCUT2D eigenvalue weighted by molar-refractivity contribution is 7.14. The molecule has 0 saturated carbocycles. The maximum absolute atomic E-state index is 13.2. The van der Waals surface area contributed by atoms with E-state index >= 15 is 0 Å². The number of aliphatic carboxylic acids is 1. The Morgan fingerprint density at radius 2 is 1.73 bits per heavy atom. The van der Waals surface area contributed by atoms with Crippen LogP contribution in [0.1, 0.15) is 117 Å². The number of aryl methyl sites for hydroxylation is 2. The smallest absolute Gasteiger partial charge is 0.389 e. The molecule has 1 aromatic heterocycles. The summed E-state index contributed by atoms with van der Waals surface area (Å²) < 4.78 is 45.7. The molecule has 2 N–H and O–H groups in total. The van der Waals surface area contributed by atoms with E-state index in [2.05, 4.69) is 65.1 Å². The van der Waals surface area contributed by atoms with Gasteiger partial charge >= 0.3 is 12.1 Å². The molecule has 0 spiro atoms. The standard InChI is InChI=1S/C32H40F3NO4S.C3H8/c1-20-18-23(19-21(2)28(20)22-8-7-14-31(6,15-11-22)30(3,4)5)40-24(12-16-32(33,34)35)25-9-10-26(41-25)29(39)36-17-13-27(37)38;1-3-2/h8-11,15,18-19,24H,7,12-14,16-17H2,1-6H3,(H,36,39)(H,37,38);3H2,1-2H3. The third kappa shape index (κ3) is 10.8. The molecule has 44 heavy (non-hydrogen) atoms. The van der Waals surface area contributed by atoms with Gasteiger partial charge in [0.25, 0.3) is 5.91 Å². The van der Waals surface area contributed by atoms with E-state index in [0.717, 1.165) is 46.4 Å². The van der Waals surface area contributed by atoms with Gasteiger partial charge in [-0.25, -0.2) is 0 Å². The normalized spacial score (nSPS) is 17.6. The van der Waals surface area contributed by atoms with Crippen molar-refractivity contribution >= 4 is 28.8 Å². The van der Waals surface area contributed by atoms with Crippen molar-refractivity contribution in [2.45, 2.75) is 106 Å². The predicted molar refractivity (Wildman–Crippen MR) is 173 cm³/mol. The van der Waals surface area contributed by atoms with Crippen LogP contribution in [0.2, 0.25) is 0 Å². The van der Waals surface area contributed by atoms with Crippen LogP contribution in [0, 0.1) is 24.7 Å². The van der Waals surface area contributed by atoms with Crippen LogP contribution < -0.4 is 10.1 Å². The number of halogens is 3. The lowest BCUT2D eigenvalue weighted by atomic mass is 9.65. The number of alkyl halides is 3. The summed E-state index contributed by atoms with van der Waals surface area (Å²) in [6, 6.07) is 6.84. The van der Waals surface area contributed by atoms with Gasteiger partial charge in [0.1, 0.15) is 11.9 Å². The van der Waals surface area contributed by atoms with Crippen LogP contribution in [0.15, 0.2) is 42.5 Å². The lowest BCUT2D eigenvalue weighted by molar-refractivity contribution is -0.139. The van der Waals surface area contributed by atoms with Crippen LogP contribution in [-0.4, -0.2) is 29.7 Å². The molecule has 2 aromatic rings. The SMILES string of the molecule is CCC.Cc1cc(OC(CCC(F)(F)F)c2ccc(C(=O)NCCC(=O)O)s2)cc(C)c1C1=CCCC(C)(C(C)(C)C)C=C1. The summed E-state index contributed by atoms with van der Waals surface area (Å²) in [7, 11) is 0. The van der Waals surface area contributed by atoms with Crippen LogP contribution in [0.4, 0.5) is 13.2 Å². The molecule has 1 heterocycles. The van der Waals surface area contributed by atoms with Crippen molar-refractivity contribution < 1.29 is 32.6 Å². The molecule has 244 valence electrons. The molecule has 1 aliphatic carbocycles. The zero-order valence-corrected chi connectivity index (χ0v) is 28.1. The fraction of sp³-hybridized carbons (Fsp3) is 0.543. The molecule has 0 radical (unpaired) electrons. The average Bonchev–Trinajstić information content (AvgIpc) is 3.29. The minimum Gasteiger partial charge on any atom is -0.485 e. The fourth-order valence-corrected chi connectivity index (χ4v) is 5.93. The molecule has 1 aliphatic rings. The first-order chi connectivity index (χ1) is 20.4. The van der Waals surface area contributed by atoms with Gasteiger partial charge in [0.2, 0.25) is 0 Å². The fourth-order valence-electron chi connectivity index (χ4n) is 4.95. The molecule has 5 nitrogen and oxygen atoms in total. The molecule has 2 atom stereocenters. The van der Waals surface area contributed by atoms with Crippen molar-refractivity contribution in [3.8, 4) is 5.75 Å². The zero-order valence-electron chi connectivity index (χ0n) is 27.3. The van der Waals surface area contributed by atoms with Crippen molar-refractivity contribution in [3.63, 3.8) is 0 Å². The Kier molecular flexibility index (Phi) is 13.3. The summed E-state index contributed by atoms with van der Waals surface area (Å²) in [5, 5.41) is 11.3. The van der Waals surface area contributed by atoms with Crippen molar-refractivity contribution in [1.29, 1.82) is 0 Å². The van der Waals surface area contributed by atoms with E-state index in [9.17, 15) is 22.8 Å². The quantitative estimate of drug-likeness (QED) is 0.272. The van der Waals surface area contributed by atoms with E-state index in [1.807, 2.05) is 26.0 Å². The highest BCUT2D eigenvalue weighted by Crippen LogP contribution is 2.46. The second-order valence-electron chi connectivity index (χ2n) is 12.7. The van der Waals surface area contributed by atoms with Crippen molar-refractivity contribution in [1.82, 2.24) is 5.32 Å². The summed E-state index contributed by atoms with van der Waals surface area (Å²) in [5.41, 5.74) is 4.32. The minimum absolute atomic E-state index is 0.0403. The van der Waals surface area contributed by atoms with Gasteiger partial charge < -0.3 is 15.2 Å². The van der Waals surface area contributed by atoms with E-state index in [1.54, 1.807) is 6.07 Å². The van der Waals surface area contributed by atoms with E-state index in [4.69, 9.17) is 9.84 Å². The largest absolute Gasteiger partial charge is 0.485 e. The number of amides is 1. The lowest BCUT2D eigenvalue weighted by Crippen LogP contribution is -2.30. The number of thiophene rings is 1. The molecule has 0 aliphatic heterocycles. The van der Waals surface area contributed by atoms with Crippen LogP contribution >= 0.6 is 11.3 Å². The molecule has 2 unspecified atom stereocenters. The Morgan fingerprint density at radius 3 is 2.27 bits per heavy atom. The van der Waals surface area contributed by atoms with Crippen LogP contribution in [-0.2, 0) is 4.79 Å².